The summed E-state index contributed by atoms with van der Waals surface area (Å²) >= 11 is 0. The molecule has 0 saturated carbocycles. The zero-order valence-electron chi connectivity index (χ0n) is 17.3. The molecule has 0 fully saturated rings. The van der Waals surface area contributed by atoms with Crippen LogP contribution >= 0.6 is 0 Å². The Labute approximate surface area is 175 Å². The summed E-state index contributed by atoms with van der Waals surface area (Å²) < 4.78 is 6.02. The normalized spacial score (nSPS) is 11.6. The lowest BCUT2D eigenvalue weighted by atomic mass is 9.95. The van der Waals surface area contributed by atoms with Gasteiger partial charge < -0.3 is 9.25 Å². The lowest BCUT2D eigenvalue weighted by Gasteiger charge is -2.12. The van der Waals surface area contributed by atoms with Crippen molar-refractivity contribution in [2.24, 2.45) is 5.16 Å². The van der Waals surface area contributed by atoms with E-state index in [4.69, 9.17) is 9.25 Å². The number of oxime groups is 1. The molecule has 4 aromatic rings. The van der Waals surface area contributed by atoms with Crippen LogP contribution in [0.15, 0.2) is 82.4 Å². The first-order valence-electron chi connectivity index (χ1n) is 9.90. The van der Waals surface area contributed by atoms with Gasteiger partial charge in [0.1, 0.15) is 11.3 Å². The Bertz CT molecular complexity index is 1180. The van der Waals surface area contributed by atoms with E-state index in [0.29, 0.717) is 23.5 Å². The summed E-state index contributed by atoms with van der Waals surface area (Å²) in [7, 11) is 0. The first-order chi connectivity index (χ1) is 14.5. The molecule has 0 spiro atoms. The van der Waals surface area contributed by atoms with Gasteiger partial charge in [-0.1, -0.05) is 59.3 Å². The van der Waals surface area contributed by atoms with Crippen LogP contribution in [0.25, 0.3) is 11.0 Å². The van der Waals surface area contributed by atoms with E-state index >= 15 is 0 Å². The van der Waals surface area contributed by atoms with Gasteiger partial charge in [-0.05, 0) is 61.7 Å². The summed E-state index contributed by atoms with van der Waals surface area (Å²) in [5.74, 6) is 0.0954. The third kappa shape index (κ3) is 4.18. The van der Waals surface area contributed by atoms with E-state index in [0.717, 1.165) is 16.5 Å². The molecule has 0 bridgehead atoms. The minimum absolute atomic E-state index is 0.452. The van der Waals surface area contributed by atoms with E-state index in [9.17, 15) is 4.79 Å². The molecule has 0 aliphatic carbocycles. The van der Waals surface area contributed by atoms with E-state index in [-0.39, 0.29) is 0 Å². The molecule has 3 aromatic carbocycles. The lowest BCUT2D eigenvalue weighted by molar-refractivity contribution is 0.0515. The van der Waals surface area contributed by atoms with Gasteiger partial charge in [0.05, 0.1) is 5.56 Å². The standard InChI is InChI=1S/C26H23NO3/c1-17-13-18(2)22(19(3)14-17)16-23(25-15-21-11-7-8-12-24(21)29-25)27-30-26(28)20-9-5-4-6-10-20/h4-15H,16H2,1-3H3/b27-23+. The molecule has 4 nitrogen and oxygen atoms in total. The minimum atomic E-state index is -0.499. The van der Waals surface area contributed by atoms with Gasteiger partial charge in [-0.3, -0.25) is 0 Å². The van der Waals surface area contributed by atoms with Crippen LogP contribution in [0.5, 0.6) is 0 Å². The maximum absolute atomic E-state index is 12.4. The van der Waals surface area contributed by atoms with E-state index in [2.05, 4.69) is 38.1 Å². The molecule has 1 heterocycles. The average molecular weight is 397 g/mol. The molecule has 0 saturated heterocycles. The van der Waals surface area contributed by atoms with Crippen molar-refractivity contribution in [2.75, 3.05) is 0 Å². The molecule has 0 amide bonds. The number of aryl methyl sites for hydroxylation is 3. The number of para-hydroxylation sites is 1. The molecule has 1 aromatic heterocycles. The summed E-state index contributed by atoms with van der Waals surface area (Å²) in [5.41, 5.74) is 6.50. The number of hydrogen-bond acceptors (Lipinski definition) is 4. The lowest BCUT2D eigenvalue weighted by Crippen LogP contribution is -2.10. The Hall–Kier alpha value is -3.66. The summed E-state index contributed by atoms with van der Waals surface area (Å²) in [5, 5.41) is 5.22. The molecule has 0 aliphatic rings. The van der Waals surface area contributed by atoms with Crippen LogP contribution in [0, 0.1) is 20.8 Å². The number of benzene rings is 3. The monoisotopic (exact) mass is 397 g/mol. The van der Waals surface area contributed by atoms with E-state index in [1.807, 2.05) is 36.4 Å². The number of furan rings is 1. The summed E-state index contributed by atoms with van der Waals surface area (Å²) in [6, 6.07) is 22.8. The Kier molecular flexibility index (Phi) is 5.48. The van der Waals surface area contributed by atoms with Crippen molar-refractivity contribution in [2.45, 2.75) is 27.2 Å². The molecule has 150 valence electrons. The quantitative estimate of drug-likeness (QED) is 0.230. The predicted molar refractivity (Wildman–Crippen MR) is 119 cm³/mol. The first-order valence-corrected chi connectivity index (χ1v) is 9.90. The third-order valence-electron chi connectivity index (χ3n) is 5.14. The van der Waals surface area contributed by atoms with E-state index in [1.54, 1.807) is 24.3 Å². The van der Waals surface area contributed by atoms with Gasteiger partial charge in [-0.25, -0.2) is 4.79 Å². The maximum atomic E-state index is 12.4. The van der Waals surface area contributed by atoms with Gasteiger partial charge in [0.15, 0.2) is 5.76 Å². The van der Waals surface area contributed by atoms with Crippen molar-refractivity contribution in [3.63, 3.8) is 0 Å². The van der Waals surface area contributed by atoms with E-state index in [1.165, 1.54) is 16.7 Å². The molecule has 4 rings (SSSR count). The smallest absolute Gasteiger partial charge is 0.365 e. The topological polar surface area (TPSA) is 51.8 Å². The molecule has 0 N–H and O–H groups in total. The summed E-state index contributed by atoms with van der Waals surface area (Å²) in [6.45, 7) is 6.25. The molecular weight excluding hydrogens is 374 g/mol. The van der Waals surface area contributed by atoms with Crippen LogP contribution in [-0.4, -0.2) is 11.7 Å². The van der Waals surface area contributed by atoms with Crippen LogP contribution in [0.4, 0.5) is 0 Å². The van der Waals surface area contributed by atoms with Gasteiger partial charge in [-0.15, -0.1) is 0 Å². The molecule has 0 atom stereocenters. The van der Waals surface area contributed by atoms with Crippen LogP contribution in [-0.2, 0) is 11.3 Å². The van der Waals surface area contributed by atoms with Crippen molar-refractivity contribution < 1.29 is 14.0 Å². The molecule has 30 heavy (non-hydrogen) atoms. The van der Waals surface area contributed by atoms with Crippen molar-refractivity contribution >= 4 is 22.7 Å². The number of carbonyl (C=O) groups is 1. The van der Waals surface area contributed by atoms with Crippen molar-refractivity contribution in [1.82, 2.24) is 0 Å². The van der Waals surface area contributed by atoms with Crippen LogP contribution in [0.1, 0.15) is 38.4 Å². The van der Waals surface area contributed by atoms with E-state index < -0.39 is 5.97 Å². The van der Waals surface area contributed by atoms with Gasteiger partial charge in [0, 0.05) is 11.8 Å². The molecular formula is C26H23NO3. The Morgan fingerprint density at radius 2 is 1.57 bits per heavy atom. The second-order valence-electron chi connectivity index (χ2n) is 7.49. The molecule has 4 heteroatoms. The number of rotatable bonds is 5. The maximum Gasteiger partial charge on any atom is 0.365 e. The summed E-state index contributed by atoms with van der Waals surface area (Å²) in [6.07, 6.45) is 0.500. The molecule has 0 unspecified atom stereocenters. The van der Waals surface area contributed by atoms with Gasteiger partial charge in [-0.2, -0.15) is 0 Å². The highest BCUT2D eigenvalue weighted by molar-refractivity contribution is 6.03. The number of fused-ring (bicyclic) bond motifs is 1. The molecule has 0 radical (unpaired) electrons. The Morgan fingerprint density at radius 1 is 0.900 bits per heavy atom. The zero-order valence-corrected chi connectivity index (χ0v) is 17.3. The van der Waals surface area contributed by atoms with Gasteiger partial charge >= 0.3 is 5.97 Å². The van der Waals surface area contributed by atoms with Gasteiger partial charge in [0.25, 0.3) is 0 Å². The van der Waals surface area contributed by atoms with Crippen LogP contribution in [0.3, 0.4) is 0 Å². The fourth-order valence-corrected chi connectivity index (χ4v) is 3.67. The predicted octanol–water partition coefficient (Wildman–Crippen LogP) is 6.16. The Morgan fingerprint density at radius 3 is 2.27 bits per heavy atom. The summed E-state index contributed by atoms with van der Waals surface area (Å²) in [4.78, 5) is 17.7. The zero-order chi connectivity index (χ0) is 21.1. The molecule has 0 aliphatic heterocycles. The average Bonchev–Trinajstić information content (AvgIpc) is 3.17. The fraction of sp³-hybridized carbons (Fsp3) is 0.154. The number of hydrogen-bond donors (Lipinski definition) is 0. The van der Waals surface area contributed by atoms with Crippen molar-refractivity contribution in [1.29, 1.82) is 0 Å². The Balaban J connectivity index is 1.72. The fourth-order valence-electron chi connectivity index (χ4n) is 3.67. The highest BCUT2D eigenvalue weighted by atomic mass is 16.7. The third-order valence-corrected chi connectivity index (χ3v) is 5.14. The second kappa shape index (κ2) is 8.37. The van der Waals surface area contributed by atoms with Crippen LogP contribution in [0.2, 0.25) is 0 Å². The SMILES string of the molecule is Cc1cc(C)c(C/C(=N\OC(=O)c2ccccc2)c2cc3ccccc3o2)c(C)c1. The highest BCUT2D eigenvalue weighted by Gasteiger charge is 2.17. The largest absolute Gasteiger partial charge is 0.455 e. The van der Waals surface area contributed by atoms with Crippen molar-refractivity contribution in [3.8, 4) is 0 Å². The number of carbonyl (C=O) groups excluding carboxylic acids is 1. The van der Waals surface area contributed by atoms with Gasteiger partial charge in [0.2, 0.25) is 0 Å². The van der Waals surface area contributed by atoms with Crippen molar-refractivity contribution in [3.05, 3.63) is 106 Å². The highest BCUT2D eigenvalue weighted by Crippen LogP contribution is 2.24. The minimum Gasteiger partial charge on any atom is -0.455 e. The second-order valence-corrected chi connectivity index (χ2v) is 7.49. The number of nitrogens with zero attached hydrogens (tertiary/aromatic N) is 1. The first kappa shape index (κ1) is 19.6. The van der Waals surface area contributed by atoms with Crippen LogP contribution < -0.4 is 0 Å².